The molecule has 0 amide bonds. The first-order chi connectivity index (χ1) is 10.1. The molecule has 0 aliphatic carbocycles. The minimum atomic E-state index is -0.00348. The molecular weight excluding hydrogens is 284 g/mol. The monoisotopic (exact) mass is 300 g/mol. The number of fused-ring (bicyclic) bond motifs is 1. The SMILES string of the molecule is CC(=O)c1cc(-c2ccc(Cl)cc2C)c2c(n1)CNCC2. The molecule has 3 rings (SSSR count). The Morgan fingerprint density at radius 1 is 1.29 bits per heavy atom. The summed E-state index contributed by atoms with van der Waals surface area (Å²) in [4.78, 5) is 16.3. The van der Waals surface area contributed by atoms with Gasteiger partial charge in [-0.3, -0.25) is 4.79 Å². The average molecular weight is 301 g/mol. The fourth-order valence-electron chi connectivity index (χ4n) is 2.82. The van der Waals surface area contributed by atoms with Gasteiger partial charge in [-0.15, -0.1) is 0 Å². The zero-order valence-electron chi connectivity index (χ0n) is 12.2. The van der Waals surface area contributed by atoms with Crippen LogP contribution in [0.2, 0.25) is 5.02 Å². The highest BCUT2D eigenvalue weighted by Gasteiger charge is 2.19. The van der Waals surface area contributed by atoms with Crippen molar-refractivity contribution in [2.45, 2.75) is 26.8 Å². The first kappa shape index (κ1) is 14.2. The number of pyridine rings is 1. The van der Waals surface area contributed by atoms with Crippen LogP contribution in [0.25, 0.3) is 11.1 Å². The summed E-state index contributed by atoms with van der Waals surface area (Å²) >= 11 is 6.05. The van der Waals surface area contributed by atoms with Crippen LogP contribution < -0.4 is 5.32 Å². The Bertz CT molecular complexity index is 725. The topological polar surface area (TPSA) is 42.0 Å². The number of carbonyl (C=O) groups excluding carboxylic acids is 1. The Labute approximate surface area is 129 Å². The summed E-state index contributed by atoms with van der Waals surface area (Å²) in [6, 6.07) is 7.80. The molecule has 2 heterocycles. The molecule has 108 valence electrons. The molecule has 0 unspecified atom stereocenters. The van der Waals surface area contributed by atoms with Gasteiger partial charge in [-0.05, 0) is 60.3 Å². The van der Waals surface area contributed by atoms with Crippen molar-refractivity contribution in [2.75, 3.05) is 6.54 Å². The normalized spacial score (nSPS) is 13.9. The number of carbonyl (C=O) groups is 1. The van der Waals surface area contributed by atoms with Crippen molar-refractivity contribution in [3.05, 3.63) is 51.8 Å². The highest BCUT2D eigenvalue weighted by Crippen LogP contribution is 2.32. The summed E-state index contributed by atoms with van der Waals surface area (Å²) < 4.78 is 0. The molecule has 1 aliphatic heterocycles. The highest BCUT2D eigenvalue weighted by atomic mass is 35.5. The van der Waals surface area contributed by atoms with Crippen LogP contribution in [0.4, 0.5) is 0 Å². The van der Waals surface area contributed by atoms with Gasteiger partial charge in [0.05, 0.1) is 5.69 Å². The second-order valence-corrected chi connectivity index (χ2v) is 5.86. The van der Waals surface area contributed by atoms with Crippen molar-refractivity contribution in [2.24, 2.45) is 0 Å². The number of benzene rings is 1. The van der Waals surface area contributed by atoms with Crippen LogP contribution in [0.3, 0.4) is 0 Å². The van der Waals surface area contributed by atoms with E-state index in [4.69, 9.17) is 11.6 Å². The summed E-state index contributed by atoms with van der Waals surface area (Å²) in [6.45, 7) is 5.26. The van der Waals surface area contributed by atoms with E-state index < -0.39 is 0 Å². The zero-order valence-corrected chi connectivity index (χ0v) is 12.9. The van der Waals surface area contributed by atoms with Crippen LogP contribution in [0.1, 0.15) is 34.2 Å². The predicted octanol–water partition coefficient (Wildman–Crippen LogP) is 3.56. The zero-order chi connectivity index (χ0) is 15.0. The second kappa shape index (κ2) is 5.58. The summed E-state index contributed by atoms with van der Waals surface area (Å²) in [5, 5.41) is 4.04. The van der Waals surface area contributed by atoms with Gasteiger partial charge in [0.1, 0.15) is 5.69 Å². The molecule has 0 radical (unpaired) electrons. The number of halogens is 1. The van der Waals surface area contributed by atoms with Crippen molar-refractivity contribution in [1.82, 2.24) is 10.3 Å². The summed E-state index contributed by atoms with van der Waals surface area (Å²) in [6.07, 6.45) is 0.928. The van der Waals surface area contributed by atoms with E-state index in [0.29, 0.717) is 5.69 Å². The van der Waals surface area contributed by atoms with E-state index in [1.807, 2.05) is 31.2 Å². The van der Waals surface area contributed by atoms with Crippen LogP contribution in [-0.4, -0.2) is 17.3 Å². The molecule has 21 heavy (non-hydrogen) atoms. The van der Waals surface area contributed by atoms with Crippen LogP contribution in [0.15, 0.2) is 24.3 Å². The second-order valence-electron chi connectivity index (χ2n) is 5.42. The van der Waals surface area contributed by atoms with Gasteiger partial charge in [-0.2, -0.15) is 0 Å². The van der Waals surface area contributed by atoms with E-state index in [2.05, 4.69) is 10.3 Å². The first-order valence-corrected chi connectivity index (χ1v) is 7.45. The van der Waals surface area contributed by atoms with Gasteiger partial charge in [-0.25, -0.2) is 4.98 Å². The van der Waals surface area contributed by atoms with E-state index in [0.717, 1.165) is 46.9 Å². The Kier molecular flexibility index (Phi) is 3.79. The number of ketones is 1. The smallest absolute Gasteiger partial charge is 0.178 e. The lowest BCUT2D eigenvalue weighted by Gasteiger charge is -2.21. The number of rotatable bonds is 2. The minimum absolute atomic E-state index is 0.00348. The van der Waals surface area contributed by atoms with E-state index in [9.17, 15) is 4.79 Å². The lowest BCUT2D eigenvalue weighted by molar-refractivity contribution is 0.101. The number of nitrogens with zero attached hydrogens (tertiary/aromatic N) is 1. The number of hydrogen-bond acceptors (Lipinski definition) is 3. The number of hydrogen-bond donors (Lipinski definition) is 1. The molecule has 0 bridgehead atoms. The van der Waals surface area contributed by atoms with Crippen molar-refractivity contribution < 1.29 is 4.79 Å². The van der Waals surface area contributed by atoms with Gasteiger partial charge in [-0.1, -0.05) is 17.7 Å². The number of Topliss-reactive ketones (excluding diaryl/α,β-unsaturated/α-hetero) is 1. The van der Waals surface area contributed by atoms with Gasteiger partial charge < -0.3 is 5.32 Å². The molecule has 0 saturated heterocycles. The van der Waals surface area contributed by atoms with Crippen LogP contribution in [-0.2, 0) is 13.0 Å². The van der Waals surface area contributed by atoms with Crippen molar-refractivity contribution in [3.63, 3.8) is 0 Å². The Morgan fingerprint density at radius 2 is 2.10 bits per heavy atom. The molecule has 1 aromatic carbocycles. The van der Waals surface area contributed by atoms with Gasteiger partial charge in [0.2, 0.25) is 0 Å². The standard InChI is InChI=1S/C17H17ClN2O/c1-10-7-12(18)3-4-13(10)15-8-16(11(2)21)20-17-9-19-6-5-14(15)17/h3-4,7-8,19H,5-6,9H2,1-2H3. The maximum Gasteiger partial charge on any atom is 0.178 e. The Balaban J connectivity index is 2.24. The quantitative estimate of drug-likeness (QED) is 0.862. The summed E-state index contributed by atoms with van der Waals surface area (Å²) in [5.41, 5.74) is 6.11. The molecule has 4 heteroatoms. The molecule has 3 nitrogen and oxygen atoms in total. The maximum atomic E-state index is 11.7. The number of nitrogens with one attached hydrogen (secondary N) is 1. The van der Waals surface area contributed by atoms with Crippen molar-refractivity contribution >= 4 is 17.4 Å². The molecule has 1 N–H and O–H groups in total. The lowest BCUT2D eigenvalue weighted by Crippen LogP contribution is -2.26. The van der Waals surface area contributed by atoms with Gasteiger partial charge in [0, 0.05) is 18.5 Å². The first-order valence-electron chi connectivity index (χ1n) is 7.07. The van der Waals surface area contributed by atoms with Crippen molar-refractivity contribution in [3.8, 4) is 11.1 Å². The molecule has 0 atom stereocenters. The van der Waals surface area contributed by atoms with E-state index in [1.165, 1.54) is 5.56 Å². The molecule has 0 spiro atoms. The predicted molar refractivity (Wildman–Crippen MR) is 84.8 cm³/mol. The molecular formula is C17H17ClN2O. The third-order valence-electron chi connectivity index (χ3n) is 3.89. The third-order valence-corrected chi connectivity index (χ3v) is 4.13. The Morgan fingerprint density at radius 3 is 2.81 bits per heavy atom. The fraction of sp³-hybridized carbons (Fsp3) is 0.294. The lowest BCUT2D eigenvalue weighted by atomic mass is 9.91. The third kappa shape index (κ3) is 2.71. The van der Waals surface area contributed by atoms with Crippen LogP contribution in [0, 0.1) is 6.92 Å². The van der Waals surface area contributed by atoms with Crippen molar-refractivity contribution in [1.29, 1.82) is 0 Å². The van der Waals surface area contributed by atoms with E-state index >= 15 is 0 Å². The van der Waals surface area contributed by atoms with E-state index in [-0.39, 0.29) is 5.78 Å². The fourth-order valence-corrected chi connectivity index (χ4v) is 3.05. The molecule has 2 aromatic rings. The van der Waals surface area contributed by atoms with Crippen LogP contribution >= 0.6 is 11.6 Å². The maximum absolute atomic E-state index is 11.7. The molecule has 0 fully saturated rings. The van der Waals surface area contributed by atoms with E-state index in [1.54, 1.807) is 6.92 Å². The highest BCUT2D eigenvalue weighted by molar-refractivity contribution is 6.30. The van der Waals surface area contributed by atoms with Gasteiger partial charge in [0.15, 0.2) is 5.78 Å². The summed E-state index contributed by atoms with van der Waals surface area (Å²) in [5.74, 6) is -0.00348. The number of aryl methyl sites for hydroxylation is 1. The Hall–Kier alpha value is -1.71. The largest absolute Gasteiger partial charge is 0.311 e. The van der Waals surface area contributed by atoms with Crippen LogP contribution in [0.5, 0.6) is 0 Å². The van der Waals surface area contributed by atoms with Gasteiger partial charge >= 0.3 is 0 Å². The molecule has 1 aliphatic rings. The number of aromatic nitrogens is 1. The average Bonchev–Trinajstić information content (AvgIpc) is 2.46. The summed E-state index contributed by atoms with van der Waals surface area (Å²) in [7, 11) is 0. The molecule has 0 saturated carbocycles. The molecule has 1 aromatic heterocycles. The van der Waals surface area contributed by atoms with Gasteiger partial charge in [0.25, 0.3) is 0 Å². The minimum Gasteiger partial charge on any atom is -0.311 e.